The number of anilines is 2. The van der Waals surface area contributed by atoms with Crippen molar-refractivity contribution in [2.45, 2.75) is 12.2 Å². The van der Waals surface area contributed by atoms with E-state index < -0.39 is 23.8 Å². The summed E-state index contributed by atoms with van der Waals surface area (Å²) in [5.41, 5.74) is 0.0698. The maximum Gasteiger partial charge on any atom is 0.416 e. The summed E-state index contributed by atoms with van der Waals surface area (Å²) >= 11 is 5.91. The number of urea groups is 1. The molecule has 2 amide bonds. The molecule has 1 aliphatic heterocycles. The molecule has 0 saturated carbocycles. The number of ether oxygens (including phenoxy) is 1. The first-order chi connectivity index (χ1) is 17.3. The first-order valence-corrected chi connectivity index (χ1v) is 11.2. The van der Waals surface area contributed by atoms with E-state index in [1.807, 2.05) is 0 Å². The van der Waals surface area contributed by atoms with Crippen molar-refractivity contribution in [3.8, 4) is 11.5 Å². The van der Waals surface area contributed by atoms with E-state index in [1.165, 1.54) is 34.5 Å². The van der Waals surface area contributed by atoms with Crippen molar-refractivity contribution in [1.82, 2.24) is 9.97 Å². The van der Waals surface area contributed by atoms with Crippen LogP contribution < -0.4 is 14.5 Å². The second kappa shape index (κ2) is 9.50. The highest BCUT2D eigenvalue weighted by Crippen LogP contribution is 2.39. The maximum atomic E-state index is 13.5. The second-order valence-corrected chi connectivity index (χ2v) is 8.45. The molecule has 0 spiro atoms. The van der Waals surface area contributed by atoms with Gasteiger partial charge in [-0.25, -0.2) is 9.78 Å². The van der Waals surface area contributed by atoms with Gasteiger partial charge in [-0.15, -0.1) is 0 Å². The van der Waals surface area contributed by atoms with Crippen LogP contribution >= 0.6 is 11.6 Å². The molecule has 182 valence electrons. The van der Waals surface area contributed by atoms with Crippen molar-refractivity contribution in [2.75, 3.05) is 16.3 Å². The third-order valence-corrected chi connectivity index (χ3v) is 5.95. The predicted octanol–water partition coefficient (Wildman–Crippen LogP) is 7.13. The molecule has 4 aromatic rings. The van der Waals surface area contributed by atoms with Crippen molar-refractivity contribution < 1.29 is 22.7 Å². The van der Waals surface area contributed by atoms with Gasteiger partial charge in [0.25, 0.3) is 0 Å². The quantitative estimate of drug-likeness (QED) is 0.286. The molecule has 6 nitrogen and oxygen atoms in total. The molecule has 0 aliphatic carbocycles. The summed E-state index contributed by atoms with van der Waals surface area (Å²) in [5.74, 6) is 1.42. The van der Waals surface area contributed by atoms with Crippen LogP contribution in [-0.2, 0) is 6.18 Å². The van der Waals surface area contributed by atoms with Gasteiger partial charge in [-0.1, -0.05) is 23.7 Å². The van der Waals surface area contributed by atoms with E-state index in [2.05, 4.69) is 9.97 Å². The Bertz CT molecular complexity index is 1370. The van der Waals surface area contributed by atoms with Gasteiger partial charge in [0.05, 0.1) is 24.3 Å². The molecular weight excluding hydrogens is 493 g/mol. The molecule has 0 N–H and O–H groups in total. The SMILES string of the molecule is O=C1N(c2cnccn2)CC(c2cccc(C(F)(F)F)c2)N1c1ccc(Oc2ccc(Cl)cc2)cc1. The van der Waals surface area contributed by atoms with E-state index >= 15 is 0 Å². The molecule has 1 aliphatic rings. The van der Waals surface area contributed by atoms with Crippen LogP contribution in [0.4, 0.5) is 29.5 Å². The first-order valence-electron chi connectivity index (χ1n) is 10.9. The van der Waals surface area contributed by atoms with Crippen LogP contribution in [0.3, 0.4) is 0 Å². The summed E-state index contributed by atoms with van der Waals surface area (Å²) in [4.78, 5) is 24.6. The lowest BCUT2D eigenvalue weighted by Gasteiger charge is -2.24. The third-order valence-electron chi connectivity index (χ3n) is 5.69. The normalized spacial score (nSPS) is 15.9. The number of carbonyl (C=O) groups is 1. The number of aromatic nitrogens is 2. The first kappa shape index (κ1) is 23.6. The Morgan fingerprint density at radius 3 is 2.28 bits per heavy atom. The fourth-order valence-electron chi connectivity index (χ4n) is 4.00. The van der Waals surface area contributed by atoms with Crippen LogP contribution in [0.25, 0.3) is 0 Å². The lowest BCUT2D eigenvalue weighted by molar-refractivity contribution is -0.137. The molecule has 0 radical (unpaired) electrons. The zero-order valence-corrected chi connectivity index (χ0v) is 19.3. The molecule has 1 atom stereocenters. The number of hydrogen-bond acceptors (Lipinski definition) is 4. The van der Waals surface area contributed by atoms with E-state index in [1.54, 1.807) is 54.6 Å². The highest BCUT2D eigenvalue weighted by Gasteiger charge is 2.41. The summed E-state index contributed by atoms with van der Waals surface area (Å²) in [6.45, 7) is 0.0991. The molecule has 36 heavy (non-hydrogen) atoms. The van der Waals surface area contributed by atoms with E-state index in [0.29, 0.717) is 33.6 Å². The lowest BCUT2D eigenvalue weighted by atomic mass is 10.0. The van der Waals surface area contributed by atoms with Crippen molar-refractivity contribution in [1.29, 1.82) is 0 Å². The molecule has 5 rings (SSSR count). The number of benzene rings is 3. The van der Waals surface area contributed by atoms with E-state index in [4.69, 9.17) is 16.3 Å². The van der Waals surface area contributed by atoms with Gasteiger partial charge in [-0.05, 0) is 66.2 Å². The van der Waals surface area contributed by atoms with Crippen LogP contribution in [0.15, 0.2) is 91.4 Å². The van der Waals surface area contributed by atoms with Gasteiger partial charge in [0.15, 0.2) is 5.82 Å². The Labute approximate surface area is 209 Å². The molecule has 1 unspecified atom stereocenters. The van der Waals surface area contributed by atoms with Crippen LogP contribution in [-0.4, -0.2) is 22.5 Å². The van der Waals surface area contributed by atoms with Crippen LogP contribution in [0.5, 0.6) is 11.5 Å². The van der Waals surface area contributed by atoms with E-state index in [0.717, 1.165) is 12.1 Å². The topological polar surface area (TPSA) is 58.6 Å². The van der Waals surface area contributed by atoms with Gasteiger partial charge in [0, 0.05) is 23.1 Å². The number of amides is 2. The molecule has 1 fully saturated rings. The van der Waals surface area contributed by atoms with Gasteiger partial charge >= 0.3 is 12.2 Å². The van der Waals surface area contributed by atoms with Gasteiger partial charge in [-0.3, -0.25) is 14.8 Å². The van der Waals surface area contributed by atoms with Gasteiger partial charge in [-0.2, -0.15) is 13.2 Å². The van der Waals surface area contributed by atoms with Gasteiger partial charge in [0.1, 0.15) is 11.5 Å². The monoisotopic (exact) mass is 510 g/mol. The third kappa shape index (κ3) is 4.83. The van der Waals surface area contributed by atoms with Crippen molar-refractivity contribution in [3.05, 3.63) is 108 Å². The Balaban J connectivity index is 1.49. The molecule has 0 bridgehead atoms. The van der Waals surface area contributed by atoms with Gasteiger partial charge < -0.3 is 4.74 Å². The minimum absolute atomic E-state index is 0.0991. The molecule has 2 heterocycles. The van der Waals surface area contributed by atoms with E-state index in [-0.39, 0.29) is 6.54 Å². The predicted molar refractivity (Wildman–Crippen MR) is 129 cm³/mol. The fraction of sp³-hybridized carbons (Fsp3) is 0.115. The minimum atomic E-state index is -4.51. The molecule has 1 saturated heterocycles. The number of nitrogens with zero attached hydrogens (tertiary/aromatic N) is 4. The zero-order valence-electron chi connectivity index (χ0n) is 18.6. The maximum absolute atomic E-state index is 13.5. The lowest BCUT2D eigenvalue weighted by Crippen LogP contribution is -2.32. The second-order valence-electron chi connectivity index (χ2n) is 8.02. The highest BCUT2D eigenvalue weighted by atomic mass is 35.5. The van der Waals surface area contributed by atoms with E-state index in [9.17, 15) is 18.0 Å². The minimum Gasteiger partial charge on any atom is -0.457 e. The number of rotatable bonds is 5. The van der Waals surface area contributed by atoms with Crippen LogP contribution in [0, 0.1) is 0 Å². The fourth-order valence-corrected chi connectivity index (χ4v) is 4.12. The smallest absolute Gasteiger partial charge is 0.416 e. The van der Waals surface area contributed by atoms with Crippen molar-refractivity contribution >= 4 is 29.1 Å². The Morgan fingerprint density at radius 1 is 0.944 bits per heavy atom. The Hall–Kier alpha value is -4.11. The van der Waals surface area contributed by atoms with Gasteiger partial charge in [0.2, 0.25) is 0 Å². The standard InChI is InChI=1S/C26H18ClF3N4O2/c27-19-4-8-21(9-5-19)36-22-10-6-20(7-11-22)34-23(17-2-1-3-18(14-17)26(28,29)30)16-33(25(34)35)24-15-31-12-13-32-24/h1-15,23H,16H2. The van der Waals surface area contributed by atoms with Crippen molar-refractivity contribution in [3.63, 3.8) is 0 Å². The molecular formula is C26H18ClF3N4O2. The zero-order chi connectivity index (χ0) is 25.3. The molecule has 3 aromatic carbocycles. The largest absolute Gasteiger partial charge is 0.457 e. The summed E-state index contributed by atoms with van der Waals surface area (Å²) in [7, 11) is 0. The summed E-state index contributed by atoms with van der Waals surface area (Å²) in [6, 6.07) is 17.5. The van der Waals surface area contributed by atoms with Crippen LogP contribution in [0.2, 0.25) is 5.02 Å². The van der Waals surface area contributed by atoms with Crippen LogP contribution in [0.1, 0.15) is 17.2 Å². The number of carbonyl (C=O) groups excluding carboxylic acids is 1. The average Bonchev–Trinajstić information content (AvgIpc) is 3.23. The summed E-state index contributed by atoms with van der Waals surface area (Å²) < 4.78 is 46.0. The number of alkyl halides is 3. The number of halogens is 4. The Morgan fingerprint density at radius 2 is 1.64 bits per heavy atom. The molecule has 1 aromatic heterocycles. The number of hydrogen-bond donors (Lipinski definition) is 0. The van der Waals surface area contributed by atoms with Crippen molar-refractivity contribution in [2.24, 2.45) is 0 Å². The highest BCUT2D eigenvalue weighted by molar-refractivity contribution is 6.30. The molecule has 10 heteroatoms. The average molecular weight is 511 g/mol. The Kier molecular flexibility index (Phi) is 6.24. The summed E-state index contributed by atoms with van der Waals surface area (Å²) in [6.07, 6.45) is -0.138. The summed E-state index contributed by atoms with van der Waals surface area (Å²) in [5, 5.41) is 0.582.